The van der Waals surface area contributed by atoms with E-state index in [0.717, 1.165) is 43.3 Å². The zero-order chi connectivity index (χ0) is 22.9. The normalized spacial score (nSPS) is 17.9. The van der Waals surface area contributed by atoms with Crippen molar-refractivity contribution < 1.29 is 14.3 Å². The Kier molecular flexibility index (Phi) is 6.42. The molecule has 1 N–H and O–H groups in total. The van der Waals surface area contributed by atoms with Gasteiger partial charge in [-0.25, -0.2) is 4.79 Å². The molecule has 2 aromatic heterocycles. The highest BCUT2D eigenvalue weighted by Crippen LogP contribution is 2.30. The number of hydrogen-bond donors (Lipinski definition) is 1. The predicted molar refractivity (Wildman–Crippen MR) is 136 cm³/mol. The molecule has 4 heterocycles. The second kappa shape index (κ2) is 9.46. The first-order valence-corrected chi connectivity index (χ1v) is 13.0. The van der Waals surface area contributed by atoms with Gasteiger partial charge in [0.15, 0.2) is 0 Å². The molecule has 0 bridgehead atoms. The van der Waals surface area contributed by atoms with E-state index in [1.807, 2.05) is 42.5 Å². The lowest BCUT2D eigenvalue weighted by Crippen LogP contribution is -2.34. The highest BCUT2D eigenvalue weighted by atomic mass is 79.9. The van der Waals surface area contributed by atoms with E-state index < -0.39 is 12.2 Å². The van der Waals surface area contributed by atoms with Crippen LogP contribution in [0.5, 0.6) is 0 Å². The minimum atomic E-state index is -0.419. The molecule has 170 valence electrons. The largest absolute Gasteiger partial charge is 0.442 e. The van der Waals surface area contributed by atoms with Crippen molar-refractivity contribution in [1.29, 1.82) is 0 Å². The summed E-state index contributed by atoms with van der Waals surface area (Å²) in [6, 6.07) is 15.2. The minimum Gasteiger partial charge on any atom is -0.442 e. The van der Waals surface area contributed by atoms with Crippen molar-refractivity contribution >= 4 is 79.4 Å². The van der Waals surface area contributed by atoms with Crippen molar-refractivity contribution in [2.75, 3.05) is 36.0 Å². The SMILES string of the molecule is O=C(NC[C@H]1CN(c2ccc(N3CCN=C3c3ccc(Cl)s3)cc2)C(=O)O1)c1ccc(Br)s1. The number of nitrogens with zero attached hydrogens (tertiary/aromatic N) is 3. The highest BCUT2D eigenvalue weighted by molar-refractivity contribution is 9.11. The molecule has 3 aromatic rings. The number of nitrogens with one attached hydrogen (secondary N) is 1. The lowest BCUT2D eigenvalue weighted by atomic mass is 10.2. The lowest BCUT2D eigenvalue weighted by Gasteiger charge is -2.21. The summed E-state index contributed by atoms with van der Waals surface area (Å²) in [4.78, 5) is 34.7. The first-order valence-electron chi connectivity index (χ1n) is 10.2. The number of amides is 2. The fourth-order valence-electron chi connectivity index (χ4n) is 3.73. The number of carbonyl (C=O) groups is 2. The summed E-state index contributed by atoms with van der Waals surface area (Å²) in [5, 5.41) is 2.83. The van der Waals surface area contributed by atoms with E-state index in [1.165, 1.54) is 22.7 Å². The molecule has 2 aliphatic rings. The average Bonchev–Trinajstić information content (AvgIpc) is 3.59. The summed E-state index contributed by atoms with van der Waals surface area (Å²) in [6.07, 6.45) is -0.831. The van der Waals surface area contributed by atoms with Crippen LogP contribution in [0.4, 0.5) is 16.2 Å². The molecule has 5 rings (SSSR count). The van der Waals surface area contributed by atoms with E-state index in [0.29, 0.717) is 11.4 Å². The van der Waals surface area contributed by atoms with Gasteiger partial charge in [0.1, 0.15) is 11.9 Å². The van der Waals surface area contributed by atoms with Crippen LogP contribution in [0.15, 0.2) is 57.3 Å². The van der Waals surface area contributed by atoms with Crippen molar-refractivity contribution in [1.82, 2.24) is 5.32 Å². The first-order chi connectivity index (χ1) is 16.0. The number of amidine groups is 1. The molecule has 0 spiro atoms. The molecule has 1 aromatic carbocycles. The zero-order valence-electron chi connectivity index (χ0n) is 17.2. The summed E-state index contributed by atoms with van der Waals surface area (Å²) in [5.41, 5.74) is 1.75. The maximum atomic E-state index is 12.4. The zero-order valence-corrected chi connectivity index (χ0v) is 21.1. The number of anilines is 2. The summed E-state index contributed by atoms with van der Waals surface area (Å²) in [5.74, 6) is 0.730. The van der Waals surface area contributed by atoms with Crippen molar-refractivity contribution in [3.05, 3.63) is 66.4 Å². The van der Waals surface area contributed by atoms with Crippen LogP contribution in [-0.2, 0) is 4.74 Å². The van der Waals surface area contributed by atoms with Crippen LogP contribution in [0.2, 0.25) is 4.34 Å². The Morgan fingerprint density at radius 3 is 2.55 bits per heavy atom. The number of ether oxygens (including phenoxy) is 1. The minimum absolute atomic E-state index is 0.181. The second-order valence-electron chi connectivity index (χ2n) is 7.41. The van der Waals surface area contributed by atoms with Gasteiger partial charge >= 0.3 is 6.09 Å². The van der Waals surface area contributed by atoms with Crippen LogP contribution < -0.4 is 15.1 Å². The van der Waals surface area contributed by atoms with Gasteiger partial charge in [-0.05, 0) is 64.5 Å². The van der Waals surface area contributed by atoms with Gasteiger partial charge in [-0.1, -0.05) is 11.6 Å². The molecule has 11 heteroatoms. The van der Waals surface area contributed by atoms with Crippen molar-refractivity contribution in [3.63, 3.8) is 0 Å². The molecule has 33 heavy (non-hydrogen) atoms. The molecule has 7 nitrogen and oxygen atoms in total. The van der Waals surface area contributed by atoms with Gasteiger partial charge in [0.25, 0.3) is 5.91 Å². The Balaban J connectivity index is 1.22. The predicted octanol–water partition coefficient (Wildman–Crippen LogP) is 5.25. The van der Waals surface area contributed by atoms with Gasteiger partial charge in [-0.2, -0.15) is 0 Å². The maximum absolute atomic E-state index is 12.4. The molecule has 0 aliphatic carbocycles. The van der Waals surface area contributed by atoms with Crippen LogP contribution in [0.3, 0.4) is 0 Å². The highest BCUT2D eigenvalue weighted by Gasteiger charge is 2.33. The number of hydrogen-bond acceptors (Lipinski definition) is 7. The van der Waals surface area contributed by atoms with Gasteiger partial charge < -0.3 is 15.0 Å². The Labute approximate surface area is 211 Å². The summed E-state index contributed by atoms with van der Waals surface area (Å²) < 4.78 is 7.08. The van der Waals surface area contributed by atoms with E-state index in [9.17, 15) is 9.59 Å². The van der Waals surface area contributed by atoms with E-state index in [1.54, 1.807) is 11.0 Å². The van der Waals surface area contributed by atoms with Gasteiger partial charge in [0, 0.05) is 17.9 Å². The number of halogens is 2. The number of aliphatic imine (C=N–C) groups is 1. The molecule has 1 fully saturated rings. The van der Waals surface area contributed by atoms with Gasteiger partial charge in [0.2, 0.25) is 0 Å². The topological polar surface area (TPSA) is 74.2 Å². The Bertz CT molecular complexity index is 1230. The third kappa shape index (κ3) is 4.79. The quantitative estimate of drug-likeness (QED) is 0.443. The molecule has 1 atom stereocenters. The van der Waals surface area contributed by atoms with E-state index >= 15 is 0 Å². The van der Waals surface area contributed by atoms with Gasteiger partial charge in [-0.15, -0.1) is 22.7 Å². The van der Waals surface area contributed by atoms with E-state index in [2.05, 4.69) is 31.1 Å². The van der Waals surface area contributed by atoms with Crippen LogP contribution >= 0.6 is 50.2 Å². The Morgan fingerprint density at radius 1 is 1.12 bits per heavy atom. The van der Waals surface area contributed by atoms with Crippen LogP contribution in [0, 0.1) is 0 Å². The fraction of sp³-hybridized carbons (Fsp3) is 0.227. The Morgan fingerprint density at radius 2 is 1.88 bits per heavy atom. The molecule has 2 aliphatic heterocycles. The molecule has 1 saturated heterocycles. The third-order valence-electron chi connectivity index (χ3n) is 5.27. The van der Waals surface area contributed by atoms with Crippen molar-refractivity contribution in [2.24, 2.45) is 4.99 Å². The summed E-state index contributed by atoms with van der Waals surface area (Å²) >= 11 is 12.3. The molecular weight excluding hydrogens is 548 g/mol. The maximum Gasteiger partial charge on any atom is 0.414 e. The average molecular weight is 566 g/mol. The standard InChI is InChI=1S/C22H18BrClN4O3S2/c23-18-7-5-17(32-18)21(29)26-11-15-12-28(22(30)31-15)14-3-1-13(2-4-14)27-10-9-25-20(27)16-6-8-19(24)33-16/h1-8,15H,9-12H2,(H,26,29)/t15-/m0/s1. The first kappa shape index (κ1) is 22.4. The number of thiophene rings is 2. The molecule has 0 saturated carbocycles. The van der Waals surface area contributed by atoms with Crippen LogP contribution in [0.1, 0.15) is 14.5 Å². The van der Waals surface area contributed by atoms with E-state index in [-0.39, 0.29) is 12.5 Å². The van der Waals surface area contributed by atoms with Crippen molar-refractivity contribution in [3.8, 4) is 0 Å². The number of cyclic esters (lactones) is 1. The summed E-state index contributed by atoms with van der Waals surface area (Å²) in [6.45, 7) is 2.14. The van der Waals surface area contributed by atoms with E-state index in [4.69, 9.17) is 16.3 Å². The molecule has 2 amide bonds. The molecule has 0 radical (unpaired) electrons. The fourth-order valence-corrected chi connectivity index (χ4v) is 6.09. The molecular formula is C22H18BrClN4O3S2. The summed E-state index contributed by atoms with van der Waals surface area (Å²) in [7, 11) is 0. The van der Waals surface area contributed by atoms with Gasteiger partial charge in [-0.3, -0.25) is 14.7 Å². The number of rotatable bonds is 6. The Hall–Kier alpha value is -2.40. The second-order valence-corrected chi connectivity index (χ2v) is 11.6. The van der Waals surface area contributed by atoms with Crippen LogP contribution in [0.25, 0.3) is 0 Å². The lowest BCUT2D eigenvalue weighted by molar-refractivity contribution is 0.0920. The number of benzene rings is 1. The van der Waals surface area contributed by atoms with Crippen LogP contribution in [-0.4, -0.2) is 50.1 Å². The third-order valence-corrected chi connectivity index (χ3v) is 8.12. The van der Waals surface area contributed by atoms with Crippen molar-refractivity contribution in [2.45, 2.75) is 6.10 Å². The monoisotopic (exact) mass is 564 g/mol. The molecule has 0 unspecified atom stereocenters. The van der Waals surface area contributed by atoms with Gasteiger partial charge in [0.05, 0.1) is 37.5 Å². The smallest absolute Gasteiger partial charge is 0.414 e. The number of carbonyl (C=O) groups excluding carboxylic acids is 2.